The lowest BCUT2D eigenvalue weighted by Crippen LogP contribution is -2.48. The summed E-state index contributed by atoms with van der Waals surface area (Å²) in [5.41, 5.74) is 5.74. The van der Waals surface area contributed by atoms with Crippen LogP contribution < -0.4 is 20.9 Å². The number of hydrogen-bond donors (Lipinski definition) is 3. The van der Waals surface area contributed by atoms with E-state index in [0.29, 0.717) is 65.8 Å². The van der Waals surface area contributed by atoms with Crippen LogP contribution in [0, 0.1) is 11.3 Å². The molecule has 3 aliphatic rings. The van der Waals surface area contributed by atoms with E-state index < -0.39 is 5.60 Å². The first-order valence-electron chi connectivity index (χ1n) is 14.4. The number of carbonyl (C=O) groups excluding carboxylic acids is 1. The van der Waals surface area contributed by atoms with Crippen LogP contribution in [-0.2, 0) is 4.79 Å². The summed E-state index contributed by atoms with van der Waals surface area (Å²) < 4.78 is 0. The van der Waals surface area contributed by atoms with Gasteiger partial charge in [0.15, 0.2) is 5.82 Å². The van der Waals surface area contributed by atoms with Crippen LogP contribution in [0.4, 0.5) is 23.4 Å². The zero-order chi connectivity index (χ0) is 29.5. The summed E-state index contributed by atoms with van der Waals surface area (Å²) >= 11 is 8.17. The highest BCUT2D eigenvalue weighted by Crippen LogP contribution is 2.46. The smallest absolute Gasteiger partial charge is 0.227 e. The van der Waals surface area contributed by atoms with Crippen LogP contribution in [0.15, 0.2) is 46.8 Å². The Kier molecular flexibility index (Phi) is 9.34. The third-order valence-electron chi connectivity index (χ3n) is 9.06. The van der Waals surface area contributed by atoms with E-state index in [-0.39, 0.29) is 29.8 Å². The van der Waals surface area contributed by atoms with Gasteiger partial charge in [0.1, 0.15) is 22.4 Å². The molecule has 11 nitrogen and oxygen atoms in total. The molecule has 1 spiro atoms. The standard InChI is InChI=1S/C29H36ClN9O2S.ClH/c1-18-19(40)15-29(25(18)31)7-13-38(14-8-29)22-16-35-23(17-34-22)42-20-3-9-32-26(24(20)30)36-21-4-10-33-27(37-21)39-11-5-28(2,41)6-12-39;/h3-4,9-10,16-18,25,41H,5-8,11-15,31H2,1-2H3,(H,32,33,36,37);1H/t18-,25+;/m1./s1. The van der Waals surface area contributed by atoms with E-state index in [9.17, 15) is 9.90 Å². The molecule has 0 radical (unpaired) electrons. The largest absolute Gasteiger partial charge is 0.390 e. The number of aliphatic hydroxyl groups is 1. The van der Waals surface area contributed by atoms with Crippen molar-refractivity contribution in [2.75, 3.05) is 41.3 Å². The third kappa shape index (κ3) is 6.68. The number of ketones is 1. The van der Waals surface area contributed by atoms with Gasteiger partial charge in [0.2, 0.25) is 5.95 Å². The van der Waals surface area contributed by atoms with Crippen LogP contribution in [0.2, 0.25) is 5.02 Å². The fourth-order valence-electron chi connectivity index (χ4n) is 6.16. The maximum Gasteiger partial charge on any atom is 0.227 e. The molecule has 3 aromatic rings. The molecule has 3 fully saturated rings. The molecule has 2 saturated heterocycles. The Hall–Kier alpha value is -2.77. The number of piperidine rings is 2. The number of rotatable bonds is 6. The Morgan fingerprint density at radius 3 is 2.37 bits per heavy atom. The van der Waals surface area contributed by atoms with Gasteiger partial charge in [-0.15, -0.1) is 12.4 Å². The van der Waals surface area contributed by atoms with E-state index in [1.54, 1.807) is 30.9 Å². The predicted octanol–water partition coefficient (Wildman–Crippen LogP) is 4.51. The minimum atomic E-state index is -0.644. The summed E-state index contributed by atoms with van der Waals surface area (Å²) in [5.74, 6) is 2.73. The van der Waals surface area contributed by atoms with Crippen molar-refractivity contribution in [1.82, 2.24) is 24.9 Å². The van der Waals surface area contributed by atoms with E-state index in [4.69, 9.17) is 17.3 Å². The maximum atomic E-state index is 12.3. The number of pyridine rings is 1. The number of carbonyl (C=O) groups is 1. The molecular formula is C29H37Cl2N9O2S. The van der Waals surface area contributed by atoms with Gasteiger partial charge in [0, 0.05) is 61.8 Å². The molecule has 0 amide bonds. The van der Waals surface area contributed by atoms with E-state index >= 15 is 0 Å². The Morgan fingerprint density at radius 2 is 1.72 bits per heavy atom. The van der Waals surface area contributed by atoms with E-state index in [1.807, 2.05) is 19.9 Å². The fraction of sp³-hybridized carbons (Fsp3) is 0.517. The molecule has 0 unspecified atom stereocenters. The number of nitrogens with zero attached hydrogens (tertiary/aromatic N) is 7. The fourth-order valence-corrected chi connectivity index (χ4v) is 7.18. The van der Waals surface area contributed by atoms with Crippen LogP contribution in [0.3, 0.4) is 0 Å². The van der Waals surface area contributed by atoms with Gasteiger partial charge in [-0.25, -0.2) is 19.9 Å². The topological polar surface area (TPSA) is 146 Å². The lowest BCUT2D eigenvalue weighted by atomic mass is 9.73. The van der Waals surface area contributed by atoms with Crippen LogP contribution in [0.5, 0.6) is 0 Å². The second-order valence-electron chi connectivity index (χ2n) is 11.9. The third-order valence-corrected chi connectivity index (χ3v) is 10.5. The van der Waals surface area contributed by atoms with Gasteiger partial charge in [0.25, 0.3) is 0 Å². The molecule has 1 saturated carbocycles. The quantitative estimate of drug-likeness (QED) is 0.347. The van der Waals surface area contributed by atoms with Gasteiger partial charge in [0.05, 0.1) is 23.0 Å². The number of halogens is 2. The van der Waals surface area contributed by atoms with Gasteiger partial charge in [-0.3, -0.25) is 4.79 Å². The van der Waals surface area contributed by atoms with Crippen molar-refractivity contribution in [2.45, 2.75) is 67.5 Å². The normalized spacial score (nSPS) is 22.9. The Labute approximate surface area is 266 Å². The SMILES string of the molecule is C[C@@H]1C(=O)CC2(CCN(c3cnc(Sc4ccnc(Nc5ccnc(N6CCC(C)(O)CC6)n5)c4Cl)cn3)CC2)[C@H]1N.Cl. The molecule has 6 rings (SSSR count). The zero-order valence-electron chi connectivity index (χ0n) is 24.2. The molecule has 2 aliphatic heterocycles. The Morgan fingerprint density at radius 1 is 1.02 bits per heavy atom. The van der Waals surface area contributed by atoms with Crippen molar-refractivity contribution in [3.8, 4) is 0 Å². The van der Waals surface area contributed by atoms with E-state index in [0.717, 1.165) is 36.6 Å². The van der Waals surface area contributed by atoms with Gasteiger partial charge < -0.3 is 26.0 Å². The lowest BCUT2D eigenvalue weighted by Gasteiger charge is -2.42. The average molecular weight is 647 g/mol. The molecule has 3 aromatic heterocycles. The molecule has 1 aliphatic carbocycles. The molecule has 0 bridgehead atoms. The maximum absolute atomic E-state index is 12.3. The molecule has 43 heavy (non-hydrogen) atoms. The van der Waals surface area contributed by atoms with Crippen LogP contribution in [0.25, 0.3) is 0 Å². The second kappa shape index (κ2) is 12.7. The number of nitrogens with one attached hydrogen (secondary N) is 1. The number of anilines is 4. The lowest BCUT2D eigenvalue weighted by molar-refractivity contribution is -0.120. The van der Waals surface area contributed by atoms with Gasteiger partial charge in [-0.1, -0.05) is 30.3 Å². The monoisotopic (exact) mass is 645 g/mol. The second-order valence-corrected chi connectivity index (χ2v) is 13.4. The van der Waals surface area contributed by atoms with Crippen molar-refractivity contribution >= 4 is 65.0 Å². The number of Topliss-reactive ketones (excluding diaryl/α,β-unsaturated/α-hetero) is 1. The Balaban J connectivity index is 0.00000368. The molecule has 4 N–H and O–H groups in total. The van der Waals surface area contributed by atoms with Crippen molar-refractivity contribution in [2.24, 2.45) is 17.1 Å². The van der Waals surface area contributed by atoms with Crippen molar-refractivity contribution in [3.63, 3.8) is 0 Å². The van der Waals surface area contributed by atoms with Crippen LogP contribution in [0.1, 0.15) is 46.0 Å². The first-order chi connectivity index (χ1) is 20.1. The number of nitrogens with two attached hydrogens (primary N) is 1. The van der Waals surface area contributed by atoms with E-state index in [2.05, 4.69) is 40.0 Å². The first-order valence-corrected chi connectivity index (χ1v) is 15.6. The van der Waals surface area contributed by atoms with Gasteiger partial charge in [-0.05, 0) is 50.2 Å². The molecule has 2 atom stereocenters. The molecule has 230 valence electrons. The van der Waals surface area contributed by atoms with E-state index in [1.165, 1.54) is 11.8 Å². The minimum Gasteiger partial charge on any atom is -0.390 e. The summed E-state index contributed by atoms with van der Waals surface area (Å²) in [6.07, 6.45) is 10.6. The number of aromatic nitrogens is 5. The molecular weight excluding hydrogens is 609 g/mol. The highest BCUT2D eigenvalue weighted by Gasteiger charge is 2.50. The average Bonchev–Trinajstić information content (AvgIpc) is 3.19. The van der Waals surface area contributed by atoms with Crippen molar-refractivity contribution < 1.29 is 9.90 Å². The van der Waals surface area contributed by atoms with Crippen LogP contribution in [-0.4, -0.2) is 73.6 Å². The zero-order valence-corrected chi connectivity index (χ0v) is 26.6. The van der Waals surface area contributed by atoms with Gasteiger partial charge in [-0.2, -0.15) is 4.98 Å². The summed E-state index contributed by atoms with van der Waals surface area (Å²) in [6.45, 7) is 6.82. The Bertz CT molecular complexity index is 1440. The van der Waals surface area contributed by atoms with Crippen molar-refractivity contribution in [1.29, 1.82) is 0 Å². The number of hydrogen-bond acceptors (Lipinski definition) is 12. The molecule has 14 heteroatoms. The predicted molar refractivity (Wildman–Crippen MR) is 171 cm³/mol. The first kappa shape index (κ1) is 31.6. The minimum absolute atomic E-state index is 0. The van der Waals surface area contributed by atoms with Crippen LogP contribution >= 0.6 is 35.8 Å². The van der Waals surface area contributed by atoms with Crippen molar-refractivity contribution in [3.05, 3.63) is 41.9 Å². The summed E-state index contributed by atoms with van der Waals surface area (Å²) in [5, 5.41) is 14.6. The highest BCUT2D eigenvalue weighted by atomic mass is 35.5. The molecule has 5 heterocycles. The summed E-state index contributed by atoms with van der Waals surface area (Å²) in [4.78, 5) is 40.2. The molecule has 0 aromatic carbocycles. The highest BCUT2D eigenvalue weighted by molar-refractivity contribution is 7.99. The summed E-state index contributed by atoms with van der Waals surface area (Å²) in [6, 6.07) is 3.55. The van der Waals surface area contributed by atoms with Gasteiger partial charge >= 0.3 is 0 Å². The summed E-state index contributed by atoms with van der Waals surface area (Å²) in [7, 11) is 0.